The van der Waals surface area contributed by atoms with Crippen molar-refractivity contribution in [3.8, 4) is 0 Å². The number of fused-ring (bicyclic) bond motifs is 1. The first-order chi connectivity index (χ1) is 17.5. The van der Waals surface area contributed by atoms with Gasteiger partial charge < -0.3 is 30.0 Å². The Bertz CT molecular complexity index is 1300. The highest BCUT2D eigenvalue weighted by Gasteiger charge is 2.33. The van der Waals surface area contributed by atoms with E-state index >= 15 is 0 Å². The number of pyridine rings is 1. The zero-order valence-electron chi connectivity index (χ0n) is 20.9. The van der Waals surface area contributed by atoms with Gasteiger partial charge in [0.15, 0.2) is 5.65 Å². The maximum Gasteiger partial charge on any atom is 0.274 e. The number of ether oxygens (including phenoxy) is 2. The van der Waals surface area contributed by atoms with Crippen molar-refractivity contribution in [1.82, 2.24) is 24.5 Å². The Morgan fingerprint density at radius 1 is 1.11 bits per heavy atom. The lowest BCUT2D eigenvalue weighted by atomic mass is 9.89. The first-order valence-electron chi connectivity index (χ1n) is 12.4. The summed E-state index contributed by atoms with van der Waals surface area (Å²) >= 11 is 0. The van der Waals surface area contributed by atoms with E-state index in [1.54, 1.807) is 42.5 Å². The fraction of sp³-hybridized carbons (Fsp3) is 0.520. The highest BCUT2D eigenvalue weighted by Crippen LogP contribution is 2.30. The average Bonchev–Trinajstić information content (AvgIpc) is 3.31. The molecule has 2 aliphatic carbocycles. The molecule has 2 saturated carbocycles. The van der Waals surface area contributed by atoms with Gasteiger partial charge in [-0.05, 0) is 37.8 Å². The Labute approximate surface area is 209 Å². The van der Waals surface area contributed by atoms with E-state index in [9.17, 15) is 9.59 Å². The highest BCUT2D eigenvalue weighted by molar-refractivity contribution is 6.00. The molecule has 2 aliphatic rings. The molecule has 3 aromatic heterocycles. The van der Waals surface area contributed by atoms with Crippen LogP contribution in [0.2, 0.25) is 0 Å². The van der Waals surface area contributed by atoms with Crippen LogP contribution in [0, 0.1) is 0 Å². The zero-order chi connectivity index (χ0) is 25.2. The van der Waals surface area contributed by atoms with Crippen molar-refractivity contribution in [2.45, 2.75) is 62.8 Å². The second kappa shape index (κ2) is 10.3. The van der Waals surface area contributed by atoms with Crippen LogP contribution in [0.15, 0.2) is 35.4 Å². The van der Waals surface area contributed by atoms with Crippen molar-refractivity contribution in [2.24, 2.45) is 0 Å². The molecule has 0 bridgehead atoms. The zero-order valence-corrected chi connectivity index (χ0v) is 20.9. The largest absolute Gasteiger partial charge is 0.379 e. The molecule has 192 valence electrons. The number of methoxy groups -OCH3 is 2. The number of rotatable bonds is 8. The van der Waals surface area contributed by atoms with Crippen LogP contribution in [-0.4, -0.2) is 64.6 Å². The summed E-state index contributed by atoms with van der Waals surface area (Å²) < 4.78 is 14.4. The molecule has 5 rings (SSSR count). The van der Waals surface area contributed by atoms with E-state index in [-0.39, 0.29) is 35.8 Å². The number of carbonyl (C=O) groups excluding carboxylic acids is 1. The third-order valence-electron chi connectivity index (χ3n) is 7.37. The van der Waals surface area contributed by atoms with Gasteiger partial charge in [-0.2, -0.15) is 9.61 Å². The Balaban J connectivity index is 1.45. The second-order valence-electron chi connectivity index (χ2n) is 9.39. The number of hydrogen-bond donors (Lipinski definition) is 3. The normalized spacial score (nSPS) is 23.8. The van der Waals surface area contributed by atoms with Gasteiger partial charge in [-0.15, -0.1) is 0 Å². The third kappa shape index (κ3) is 4.44. The van der Waals surface area contributed by atoms with Crippen LogP contribution >= 0.6 is 0 Å². The van der Waals surface area contributed by atoms with Gasteiger partial charge in [0.1, 0.15) is 22.9 Å². The minimum Gasteiger partial charge on any atom is -0.379 e. The summed E-state index contributed by atoms with van der Waals surface area (Å²) in [5.41, 5.74) is 1.01. The first-order valence-corrected chi connectivity index (χ1v) is 12.4. The van der Waals surface area contributed by atoms with Crippen molar-refractivity contribution < 1.29 is 14.3 Å². The summed E-state index contributed by atoms with van der Waals surface area (Å²) in [6.45, 7) is 0. The van der Waals surface area contributed by atoms with E-state index in [2.05, 4.69) is 26.0 Å². The van der Waals surface area contributed by atoms with Crippen LogP contribution in [0.1, 0.15) is 54.9 Å². The summed E-state index contributed by atoms with van der Waals surface area (Å²) in [7, 11) is 5.12. The van der Waals surface area contributed by atoms with Crippen LogP contribution < -0.4 is 21.5 Å². The van der Waals surface area contributed by atoms with Gasteiger partial charge in [0, 0.05) is 33.5 Å². The minimum atomic E-state index is -0.256. The summed E-state index contributed by atoms with van der Waals surface area (Å²) in [6.07, 6.45) is 9.16. The molecule has 1 unspecified atom stereocenters. The number of nitrogens with one attached hydrogen (secondary N) is 3. The quantitative estimate of drug-likeness (QED) is 0.436. The molecule has 0 aromatic carbocycles. The smallest absolute Gasteiger partial charge is 0.274 e. The van der Waals surface area contributed by atoms with Gasteiger partial charge in [0.2, 0.25) is 0 Å². The summed E-state index contributed by atoms with van der Waals surface area (Å²) in [4.78, 5) is 31.1. The third-order valence-corrected chi connectivity index (χ3v) is 7.37. The molecule has 0 radical (unpaired) electrons. The van der Waals surface area contributed by atoms with Gasteiger partial charge in [0.25, 0.3) is 11.5 Å². The summed E-state index contributed by atoms with van der Waals surface area (Å²) in [6, 6.07) is 5.31. The molecule has 3 aromatic rings. The number of anilines is 3. The Hall–Kier alpha value is -3.44. The number of carbonyl (C=O) groups is 1. The molecule has 2 fully saturated rings. The van der Waals surface area contributed by atoms with E-state index in [4.69, 9.17) is 9.47 Å². The molecule has 1 amide bonds. The lowest BCUT2D eigenvalue weighted by Gasteiger charge is -2.35. The van der Waals surface area contributed by atoms with Crippen molar-refractivity contribution in [3.05, 3.63) is 46.5 Å². The Morgan fingerprint density at radius 2 is 1.92 bits per heavy atom. The van der Waals surface area contributed by atoms with E-state index in [0.29, 0.717) is 28.5 Å². The highest BCUT2D eigenvalue weighted by atomic mass is 16.5. The maximum atomic E-state index is 13.4. The second-order valence-corrected chi connectivity index (χ2v) is 9.39. The molecular weight excluding hydrogens is 462 g/mol. The number of nitrogens with zero attached hydrogens (tertiary/aromatic N) is 4. The topological polar surface area (TPSA) is 124 Å². The Kier molecular flexibility index (Phi) is 6.92. The molecule has 11 nitrogen and oxygen atoms in total. The van der Waals surface area contributed by atoms with E-state index in [1.165, 1.54) is 6.20 Å². The first kappa shape index (κ1) is 24.3. The van der Waals surface area contributed by atoms with Gasteiger partial charge in [-0.25, -0.2) is 4.98 Å². The van der Waals surface area contributed by atoms with Crippen LogP contribution in [0.25, 0.3) is 5.65 Å². The Morgan fingerprint density at radius 3 is 2.64 bits per heavy atom. The lowest BCUT2D eigenvalue weighted by Crippen LogP contribution is -2.51. The van der Waals surface area contributed by atoms with E-state index in [1.807, 2.05) is 12.3 Å². The molecule has 36 heavy (non-hydrogen) atoms. The fourth-order valence-corrected chi connectivity index (χ4v) is 5.20. The fourth-order valence-electron chi connectivity index (χ4n) is 5.20. The van der Waals surface area contributed by atoms with Crippen molar-refractivity contribution in [2.75, 3.05) is 31.9 Å². The molecule has 3 N–H and O–H groups in total. The monoisotopic (exact) mass is 495 g/mol. The summed E-state index contributed by atoms with van der Waals surface area (Å²) in [5.74, 6) is 0.804. The van der Waals surface area contributed by atoms with Gasteiger partial charge >= 0.3 is 0 Å². The lowest BCUT2D eigenvalue weighted by molar-refractivity contribution is 0.00732. The van der Waals surface area contributed by atoms with E-state index < -0.39 is 0 Å². The molecule has 11 heteroatoms. The number of hydrogen-bond acceptors (Lipinski definition) is 8. The van der Waals surface area contributed by atoms with Gasteiger partial charge in [-0.1, -0.05) is 12.8 Å². The van der Waals surface area contributed by atoms with Crippen molar-refractivity contribution >= 4 is 28.9 Å². The van der Waals surface area contributed by atoms with Crippen LogP contribution in [0.4, 0.5) is 17.3 Å². The van der Waals surface area contributed by atoms with Crippen molar-refractivity contribution in [3.63, 3.8) is 0 Å². The van der Waals surface area contributed by atoms with Crippen molar-refractivity contribution in [1.29, 1.82) is 0 Å². The van der Waals surface area contributed by atoms with Crippen LogP contribution in [0.5, 0.6) is 0 Å². The summed E-state index contributed by atoms with van der Waals surface area (Å²) in [5, 5.41) is 13.6. The minimum absolute atomic E-state index is 0.00568. The standard InChI is InChI=1S/C25H33N7O4/c1-26-22-13-21(28-17-7-6-12-31(25(17)34)18-8-4-5-9-20(18)36-3)30-23-15(14-27-32(22)23)24(33)29-16-10-11-19(16)35-2/h6-7,12-14,16,18-20,26H,4-5,8-11H2,1-3H3,(H,28,30)(H,29,33)/t16?,18-,19+,20+/m0/s1. The molecule has 4 atom stereocenters. The van der Waals surface area contributed by atoms with Gasteiger partial charge in [-0.3, -0.25) is 9.59 Å². The van der Waals surface area contributed by atoms with Crippen LogP contribution in [-0.2, 0) is 9.47 Å². The molecule has 0 spiro atoms. The predicted octanol–water partition coefficient (Wildman–Crippen LogP) is 2.71. The van der Waals surface area contributed by atoms with Gasteiger partial charge in [0.05, 0.1) is 30.5 Å². The average molecular weight is 496 g/mol. The maximum absolute atomic E-state index is 13.4. The molecular formula is C25H33N7O4. The molecule has 0 aliphatic heterocycles. The molecule has 0 saturated heterocycles. The number of amides is 1. The van der Waals surface area contributed by atoms with E-state index in [0.717, 1.165) is 38.5 Å². The molecule has 3 heterocycles. The SMILES string of the molecule is CNc1cc(Nc2cccn([C@H]3CCCC[C@H]3OC)c2=O)nc2c(C(=O)NC3CC[C@H]3OC)cnn12. The predicted molar refractivity (Wildman–Crippen MR) is 136 cm³/mol. The van der Waals surface area contributed by atoms with Crippen LogP contribution in [0.3, 0.4) is 0 Å². The number of aromatic nitrogens is 4.